The minimum atomic E-state index is 0.0149. The molecule has 5 heteroatoms. The molecule has 1 saturated heterocycles. The largest absolute Gasteiger partial charge is 0.493 e. The fourth-order valence-corrected chi connectivity index (χ4v) is 3.17. The molecule has 25 heavy (non-hydrogen) atoms. The molecule has 2 aromatic rings. The third kappa shape index (κ3) is 3.82. The highest BCUT2D eigenvalue weighted by Gasteiger charge is 2.29. The average molecular weight is 338 g/mol. The first kappa shape index (κ1) is 17.0. The first-order chi connectivity index (χ1) is 12.2. The van der Waals surface area contributed by atoms with Gasteiger partial charge in [0.15, 0.2) is 11.5 Å². The van der Waals surface area contributed by atoms with Gasteiger partial charge in [0, 0.05) is 25.0 Å². The van der Waals surface area contributed by atoms with Crippen LogP contribution in [0.5, 0.6) is 11.5 Å². The SMILES string of the molecule is COc1ccc(C2CCCN2C(=O)/C=C/c2cccnc2)cc1OC. The van der Waals surface area contributed by atoms with Crippen LogP contribution in [-0.4, -0.2) is 36.6 Å². The zero-order chi connectivity index (χ0) is 17.6. The van der Waals surface area contributed by atoms with Crippen molar-refractivity contribution >= 4 is 12.0 Å². The fraction of sp³-hybridized carbons (Fsp3) is 0.300. The lowest BCUT2D eigenvalue weighted by Crippen LogP contribution is -2.28. The van der Waals surface area contributed by atoms with Gasteiger partial charge in [0.2, 0.25) is 5.91 Å². The number of rotatable bonds is 5. The molecule has 1 atom stereocenters. The van der Waals surface area contributed by atoms with Gasteiger partial charge in [-0.05, 0) is 48.2 Å². The minimum absolute atomic E-state index is 0.0149. The molecule has 0 radical (unpaired) electrons. The second-order valence-corrected chi connectivity index (χ2v) is 5.92. The molecule has 1 aliphatic heterocycles. The lowest BCUT2D eigenvalue weighted by atomic mass is 10.0. The fourth-order valence-electron chi connectivity index (χ4n) is 3.17. The standard InChI is InChI=1S/C20H22N2O3/c1-24-18-9-8-16(13-19(18)25-2)17-6-4-12-22(17)20(23)10-7-15-5-3-11-21-14-15/h3,5,7-11,13-14,17H,4,6,12H2,1-2H3/b10-7+. The van der Waals surface area contributed by atoms with Gasteiger partial charge in [-0.25, -0.2) is 0 Å². The average Bonchev–Trinajstić information content (AvgIpc) is 3.16. The Labute approximate surface area is 147 Å². The third-order valence-electron chi connectivity index (χ3n) is 4.43. The smallest absolute Gasteiger partial charge is 0.247 e. The zero-order valence-corrected chi connectivity index (χ0v) is 14.5. The topological polar surface area (TPSA) is 51.7 Å². The van der Waals surface area contributed by atoms with Crippen molar-refractivity contribution in [1.29, 1.82) is 0 Å². The van der Waals surface area contributed by atoms with Crippen LogP contribution in [0.15, 0.2) is 48.8 Å². The van der Waals surface area contributed by atoms with Gasteiger partial charge in [0.1, 0.15) is 0 Å². The molecule has 5 nitrogen and oxygen atoms in total. The third-order valence-corrected chi connectivity index (χ3v) is 4.43. The molecule has 2 heterocycles. The maximum absolute atomic E-state index is 12.6. The van der Waals surface area contributed by atoms with Crippen LogP contribution < -0.4 is 9.47 Å². The van der Waals surface area contributed by atoms with E-state index in [-0.39, 0.29) is 11.9 Å². The second kappa shape index (κ2) is 7.83. The first-order valence-electron chi connectivity index (χ1n) is 8.33. The van der Waals surface area contributed by atoms with Crippen molar-refractivity contribution in [2.75, 3.05) is 20.8 Å². The Balaban J connectivity index is 1.78. The molecule has 0 N–H and O–H groups in total. The van der Waals surface area contributed by atoms with E-state index in [0.29, 0.717) is 11.5 Å². The van der Waals surface area contributed by atoms with Crippen molar-refractivity contribution in [1.82, 2.24) is 9.88 Å². The van der Waals surface area contributed by atoms with Crippen molar-refractivity contribution in [2.45, 2.75) is 18.9 Å². The number of amides is 1. The number of hydrogen-bond acceptors (Lipinski definition) is 4. The van der Waals surface area contributed by atoms with E-state index in [0.717, 1.165) is 30.5 Å². The monoisotopic (exact) mass is 338 g/mol. The number of nitrogens with zero attached hydrogens (tertiary/aromatic N) is 2. The summed E-state index contributed by atoms with van der Waals surface area (Å²) in [5, 5.41) is 0. The molecule has 0 bridgehead atoms. The summed E-state index contributed by atoms with van der Waals surface area (Å²) < 4.78 is 10.7. The Morgan fingerprint density at radius 3 is 2.80 bits per heavy atom. The molecule has 0 aliphatic carbocycles. The number of pyridine rings is 1. The number of benzene rings is 1. The summed E-state index contributed by atoms with van der Waals surface area (Å²) in [7, 11) is 3.24. The van der Waals surface area contributed by atoms with Crippen molar-refractivity contribution < 1.29 is 14.3 Å². The van der Waals surface area contributed by atoms with E-state index in [4.69, 9.17) is 9.47 Å². The summed E-state index contributed by atoms with van der Waals surface area (Å²) in [6.07, 6.45) is 8.81. The molecule has 0 spiro atoms. The summed E-state index contributed by atoms with van der Waals surface area (Å²) in [5.41, 5.74) is 1.98. The number of methoxy groups -OCH3 is 2. The molecule has 3 rings (SSSR count). The van der Waals surface area contributed by atoms with E-state index in [1.807, 2.05) is 35.2 Å². The van der Waals surface area contributed by atoms with E-state index in [2.05, 4.69) is 4.98 Å². The first-order valence-corrected chi connectivity index (χ1v) is 8.33. The van der Waals surface area contributed by atoms with Gasteiger partial charge in [-0.2, -0.15) is 0 Å². The quantitative estimate of drug-likeness (QED) is 0.783. The summed E-state index contributed by atoms with van der Waals surface area (Å²) >= 11 is 0. The van der Waals surface area contributed by atoms with E-state index in [1.54, 1.807) is 38.8 Å². The number of hydrogen-bond donors (Lipinski definition) is 0. The van der Waals surface area contributed by atoms with Crippen molar-refractivity contribution in [3.05, 3.63) is 59.9 Å². The molecular formula is C20H22N2O3. The molecular weight excluding hydrogens is 316 g/mol. The molecule has 1 aromatic carbocycles. The van der Waals surface area contributed by atoms with Crippen LogP contribution in [0.1, 0.15) is 30.0 Å². The van der Waals surface area contributed by atoms with Gasteiger partial charge in [-0.3, -0.25) is 9.78 Å². The van der Waals surface area contributed by atoms with Crippen molar-refractivity contribution in [3.8, 4) is 11.5 Å². The van der Waals surface area contributed by atoms with Crippen molar-refractivity contribution in [3.63, 3.8) is 0 Å². The number of carbonyl (C=O) groups is 1. The van der Waals surface area contributed by atoms with E-state index >= 15 is 0 Å². The van der Waals surface area contributed by atoms with Gasteiger partial charge in [0.05, 0.1) is 20.3 Å². The lowest BCUT2D eigenvalue weighted by molar-refractivity contribution is -0.126. The normalized spacial score (nSPS) is 17.0. The van der Waals surface area contributed by atoms with E-state index < -0.39 is 0 Å². The van der Waals surface area contributed by atoms with Gasteiger partial charge in [0.25, 0.3) is 0 Å². The van der Waals surface area contributed by atoms with Crippen molar-refractivity contribution in [2.24, 2.45) is 0 Å². The summed E-state index contributed by atoms with van der Waals surface area (Å²) in [6.45, 7) is 0.759. The number of aromatic nitrogens is 1. The Kier molecular flexibility index (Phi) is 5.33. The van der Waals surface area contributed by atoms with Gasteiger partial charge < -0.3 is 14.4 Å². The number of ether oxygens (including phenoxy) is 2. The van der Waals surface area contributed by atoms with Crippen LogP contribution in [-0.2, 0) is 4.79 Å². The van der Waals surface area contributed by atoms with Gasteiger partial charge >= 0.3 is 0 Å². The second-order valence-electron chi connectivity index (χ2n) is 5.92. The van der Waals surface area contributed by atoms with E-state index in [9.17, 15) is 4.79 Å². The lowest BCUT2D eigenvalue weighted by Gasteiger charge is -2.24. The maximum atomic E-state index is 12.6. The highest BCUT2D eigenvalue weighted by Crippen LogP contribution is 2.37. The summed E-state index contributed by atoms with van der Waals surface area (Å²) in [6, 6.07) is 9.69. The number of carbonyl (C=O) groups excluding carboxylic acids is 1. The van der Waals surface area contributed by atoms with Gasteiger partial charge in [-0.1, -0.05) is 12.1 Å². The maximum Gasteiger partial charge on any atom is 0.247 e. The van der Waals surface area contributed by atoms with E-state index in [1.165, 1.54) is 0 Å². The Morgan fingerprint density at radius 2 is 2.08 bits per heavy atom. The molecule has 1 aromatic heterocycles. The summed E-state index contributed by atoms with van der Waals surface area (Å²) in [5.74, 6) is 1.39. The molecule has 1 unspecified atom stereocenters. The molecule has 1 amide bonds. The molecule has 1 aliphatic rings. The zero-order valence-electron chi connectivity index (χ0n) is 14.5. The molecule has 1 fully saturated rings. The van der Waals surface area contributed by atoms with Gasteiger partial charge in [-0.15, -0.1) is 0 Å². The predicted molar refractivity (Wildman–Crippen MR) is 96.5 cm³/mol. The highest BCUT2D eigenvalue weighted by molar-refractivity contribution is 5.92. The Morgan fingerprint density at radius 1 is 1.24 bits per heavy atom. The Bertz CT molecular complexity index is 759. The molecule has 130 valence electrons. The van der Waals surface area contributed by atoms with Crippen LogP contribution >= 0.6 is 0 Å². The minimum Gasteiger partial charge on any atom is -0.493 e. The highest BCUT2D eigenvalue weighted by atomic mass is 16.5. The van der Waals surface area contributed by atoms with Crippen LogP contribution in [0.4, 0.5) is 0 Å². The predicted octanol–water partition coefficient (Wildman–Crippen LogP) is 3.48. The molecule has 0 saturated carbocycles. The van der Waals surface area contributed by atoms with Crippen LogP contribution in [0.2, 0.25) is 0 Å². The number of likely N-dealkylation sites (tertiary alicyclic amines) is 1. The van der Waals surface area contributed by atoms with Crippen LogP contribution in [0.25, 0.3) is 6.08 Å². The Hall–Kier alpha value is -2.82. The van der Waals surface area contributed by atoms with Crippen LogP contribution in [0.3, 0.4) is 0 Å². The van der Waals surface area contributed by atoms with Crippen LogP contribution in [0, 0.1) is 0 Å². The summed E-state index contributed by atoms with van der Waals surface area (Å²) in [4.78, 5) is 18.6.